The Morgan fingerprint density at radius 1 is 0.971 bits per heavy atom. The summed E-state index contributed by atoms with van der Waals surface area (Å²) in [6, 6.07) is 8.37. The summed E-state index contributed by atoms with van der Waals surface area (Å²) in [6.07, 6.45) is 0.788. The van der Waals surface area contributed by atoms with E-state index in [1.807, 2.05) is 23.7 Å². The number of halogens is 3. The number of nitrogens with zero attached hydrogens (tertiary/aromatic N) is 8. The largest absolute Gasteiger partial charge is 0.435 e. The van der Waals surface area contributed by atoms with Crippen molar-refractivity contribution in [2.75, 3.05) is 0 Å². The van der Waals surface area contributed by atoms with E-state index in [1.54, 1.807) is 42.3 Å². The van der Waals surface area contributed by atoms with E-state index < -0.39 is 11.9 Å². The summed E-state index contributed by atoms with van der Waals surface area (Å²) in [7, 11) is 0. The molecule has 4 heterocycles. The molecule has 5 aromatic rings. The number of hydrogen-bond acceptors (Lipinski definition) is 5. The van der Waals surface area contributed by atoms with Crippen LogP contribution in [0.3, 0.4) is 0 Å². The highest BCUT2D eigenvalue weighted by Crippen LogP contribution is 2.29. The van der Waals surface area contributed by atoms with Crippen LogP contribution in [0.2, 0.25) is 0 Å². The van der Waals surface area contributed by atoms with Crippen LogP contribution in [0, 0.1) is 13.8 Å². The van der Waals surface area contributed by atoms with Gasteiger partial charge in [-0.3, -0.25) is 4.68 Å². The van der Waals surface area contributed by atoms with Gasteiger partial charge in [0.25, 0.3) is 0 Å². The van der Waals surface area contributed by atoms with Crippen molar-refractivity contribution in [3.63, 3.8) is 0 Å². The lowest BCUT2D eigenvalue weighted by Crippen LogP contribution is -2.08. The number of hydrogen-bond donors (Lipinski definition) is 0. The SMILES string of the molecule is Cc1cnn(C(C)C)c1-c1ncc2cnn(Cc3ccc(-n4nc(C(F)(F)F)cc4C)cc3)c2n1. The molecule has 8 nitrogen and oxygen atoms in total. The number of aryl methyl sites for hydroxylation is 2. The average Bonchev–Trinajstić information content (AvgIpc) is 3.51. The second kappa shape index (κ2) is 8.33. The standard InChI is InChI=1S/C24H23F3N8/c1-14(2)34-21(15(3)10-30-34)22-28-11-18-12-29-33(23(18)31-22)13-17-5-7-19(8-6-17)35-16(4)9-20(32-35)24(25,26)27/h5-12,14H,13H2,1-4H3. The molecule has 0 aliphatic heterocycles. The zero-order chi connectivity index (χ0) is 24.9. The molecular formula is C24H23F3N8. The van der Waals surface area contributed by atoms with Crippen molar-refractivity contribution >= 4 is 11.0 Å². The molecule has 180 valence electrons. The maximum Gasteiger partial charge on any atom is 0.435 e. The van der Waals surface area contributed by atoms with Gasteiger partial charge in [0.2, 0.25) is 0 Å². The van der Waals surface area contributed by atoms with Gasteiger partial charge in [-0.05, 0) is 57.0 Å². The Hall–Kier alpha value is -4.02. The highest BCUT2D eigenvalue weighted by molar-refractivity contribution is 5.75. The fourth-order valence-corrected chi connectivity index (χ4v) is 4.00. The van der Waals surface area contributed by atoms with E-state index in [2.05, 4.69) is 34.1 Å². The monoisotopic (exact) mass is 480 g/mol. The molecule has 0 unspecified atom stereocenters. The Bertz CT molecular complexity index is 1510. The van der Waals surface area contributed by atoms with E-state index in [9.17, 15) is 13.2 Å². The van der Waals surface area contributed by atoms with E-state index in [4.69, 9.17) is 4.98 Å². The maximum atomic E-state index is 13.0. The maximum absolute atomic E-state index is 13.0. The lowest BCUT2D eigenvalue weighted by atomic mass is 10.2. The number of fused-ring (bicyclic) bond motifs is 1. The fraction of sp³-hybridized carbons (Fsp3) is 0.292. The van der Waals surface area contributed by atoms with Crippen molar-refractivity contribution in [2.24, 2.45) is 0 Å². The molecular weight excluding hydrogens is 457 g/mol. The molecule has 0 radical (unpaired) electrons. The summed E-state index contributed by atoms with van der Waals surface area (Å²) in [6.45, 7) is 8.12. The Labute approximate surface area is 199 Å². The second-order valence-corrected chi connectivity index (χ2v) is 8.74. The van der Waals surface area contributed by atoms with E-state index in [-0.39, 0.29) is 6.04 Å². The van der Waals surface area contributed by atoms with Gasteiger partial charge < -0.3 is 0 Å². The Morgan fingerprint density at radius 2 is 1.71 bits per heavy atom. The first-order chi connectivity index (χ1) is 16.6. The number of alkyl halides is 3. The van der Waals surface area contributed by atoms with Gasteiger partial charge in [0.1, 0.15) is 5.69 Å². The van der Waals surface area contributed by atoms with Crippen molar-refractivity contribution < 1.29 is 13.2 Å². The van der Waals surface area contributed by atoms with Crippen LogP contribution in [-0.2, 0) is 12.7 Å². The fourth-order valence-electron chi connectivity index (χ4n) is 4.00. The summed E-state index contributed by atoms with van der Waals surface area (Å²) in [5, 5.41) is 13.4. The predicted octanol–water partition coefficient (Wildman–Crippen LogP) is 5.14. The molecule has 0 amide bonds. The number of rotatable bonds is 5. The van der Waals surface area contributed by atoms with Crippen molar-refractivity contribution in [1.82, 2.24) is 39.3 Å². The molecule has 0 fully saturated rings. The quantitative estimate of drug-likeness (QED) is 0.348. The average molecular weight is 480 g/mol. The van der Waals surface area contributed by atoms with Gasteiger partial charge in [-0.2, -0.15) is 28.5 Å². The van der Waals surface area contributed by atoms with E-state index in [0.29, 0.717) is 29.4 Å². The molecule has 0 atom stereocenters. The van der Waals surface area contributed by atoms with Crippen LogP contribution in [0.1, 0.15) is 42.4 Å². The van der Waals surface area contributed by atoms with Gasteiger partial charge in [0.05, 0.1) is 30.0 Å². The summed E-state index contributed by atoms with van der Waals surface area (Å²) in [5.41, 5.74) is 3.51. The van der Waals surface area contributed by atoms with Crippen molar-refractivity contribution in [2.45, 2.75) is 46.5 Å². The molecule has 0 aliphatic carbocycles. The summed E-state index contributed by atoms with van der Waals surface area (Å²) < 4.78 is 44.0. The molecule has 0 N–H and O–H groups in total. The first-order valence-electron chi connectivity index (χ1n) is 11.1. The third-order valence-electron chi connectivity index (χ3n) is 5.75. The van der Waals surface area contributed by atoms with Crippen molar-refractivity contribution in [1.29, 1.82) is 0 Å². The lowest BCUT2D eigenvalue weighted by Gasteiger charge is -2.11. The van der Waals surface area contributed by atoms with Crippen LogP contribution < -0.4 is 0 Å². The molecule has 4 aromatic heterocycles. The third-order valence-corrected chi connectivity index (χ3v) is 5.75. The molecule has 0 aliphatic rings. The first-order valence-corrected chi connectivity index (χ1v) is 11.1. The first kappa shape index (κ1) is 22.8. The summed E-state index contributed by atoms with van der Waals surface area (Å²) >= 11 is 0. The van der Waals surface area contributed by atoms with Crippen LogP contribution in [0.4, 0.5) is 13.2 Å². The predicted molar refractivity (Wildman–Crippen MR) is 124 cm³/mol. The molecule has 11 heteroatoms. The van der Waals surface area contributed by atoms with Gasteiger partial charge in [0.15, 0.2) is 17.2 Å². The summed E-state index contributed by atoms with van der Waals surface area (Å²) in [4.78, 5) is 9.32. The zero-order valence-corrected chi connectivity index (χ0v) is 19.6. The minimum Gasteiger partial charge on any atom is -0.259 e. The van der Waals surface area contributed by atoms with Crippen LogP contribution in [-0.4, -0.2) is 39.3 Å². The van der Waals surface area contributed by atoms with Gasteiger partial charge in [0, 0.05) is 17.9 Å². The normalized spacial score (nSPS) is 12.2. The van der Waals surface area contributed by atoms with E-state index in [0.717, 1.165) is 28.3 Å². The lowest BCUT2D eigenvalue weighted by molar-refractivity contribution is -0.141. The Morgan fingerprint density at radius 3 is 2.37 bits per heavy atom. The molecule has 0 bridgehead atoms. The third kappa shape index (κ3) is 4.17. The highest BCUT2D eigenvalue weighted by atomic mass is 19.4. The minimum absolute atomic E-state index is 0.159. The smallest absolute Gasteiger partial charge is 0.259 e. The second-order valence-electron chi connectivity index (χ2n) is 8.74. The van der Waals surface area contributed by atoms with Gasteiger partial charge in [-0.15, -0.1) is 0 Å². The van der Waals surface area contributed by atoms with Gasteiger partial charge >= 0.3 is 6.18 Å². The van der Waals surface area contributed by atoms with Crippen molar-refractivity contribution in [3.05, 3.63) is 71.4 Å². The number of aromatic nitrogens is 8. The van der Waals surface area contributed by atoms with Crippen LogP contribution in [0.5, 0.6) is 0 Å². The molecule has 35 heavy (non-hydrogen) atoms. The van der Waals surface area contributed by atoms with E-state index in [1.165, 1.54) is 4.68 Å². The van der Waals surface area contributed by atoms with Crippen LogP contribution in [0.25, 0.3) is 28.2 Å². The van der Waals surface area contributed by atoms with Crippen molar-refractivity contribution in [3.8, 4) is 17.2 Å². The number of benzene rings is 1. The molecule has 1 aromatic carbocycles. The van der Waals surface area contributed by atoms with E-state index >= 15 is 0 Å². The molecule has 0 saturated heterocycles. The molecule has 0 spiro atoms. The zero-order valence-electron chi connectivity index (χ0n) is 19.6. The van der Waals surface area contributed by atoms with Crippen LogP contribution in [0.15, 0.2) is 48.9 Å². The Balaban J connectivity index is 1.44. The topological polar surface area (TPSA) is 79.2 Å². The Kier molecular flexibility index (Phi) is 5.42. The van der Waals surface area contributed by atoms with Gasteiger partial charge in [-0.25, -0.2) is 19.3 Å². The molecule has 0 saturated carbocycles. The van der Waals surface area contributed by atoms with Crippen LogP contribution >= 0.6 is 0 Å². The highest BCUT2D eigenvalue weighted by Gasteiger charge is 2.34. The molecule has 5 rings (SSSR count). The summed E-state index contributed by atoms with van der Waals surface area (Å²) in [5.74, 6) is 0.577. The minimum atomic E-state index is -4.48. The van der Waals surface area contributed by atoms with Gasteiger partial charge in [-0.1, -0.05) is 12.1 Å².